The first-order chi connectivity index (χ1) is 14.9. The molecule has 1 aromatic carbocycles. The molecule has 1 aliphatic heterocycles. The molecule has 2 aromatic rings. The van der Waals surface area contributed by atoms with Gasteiger partial charge in [-0.05, 0) is 56.2 Å². The maximum Gasteiger partial charge on any atom is 0.249 e. The van der Waals surface area contributed by atoms with Crippen LogP contribution in [0.5, 0.6) is 5.75 Å². The number of halogens is 1. The van der Waals surface area contributed by atoms with E-state index >= 15 is 0 Å². The van der Waals surface area contributed by atoms with Crippen molar-refractivity contribution in [1.29, 1.82) is 0 Å². The van der Waals surface area contributed by atoms with Crippen molar-refractivity contribution < 1.29 is 13.7 Å². The summed E-state index contributed by atoms with van der Waals surface area (Å²) >= 11 is 0. The molecule has 0 bridgehead atoms. The Bertz CT molecular complexity index is 976. The molecule has 2 heterocycles. The molecule has 1 aromatic heterocycles. The average molecular weight is 426 g/mol. The molecule has 0 saturated heterocycles. The zero-order valence-electron chi connectivity index (χ0n) is 18.1. The molecule has 0 radical (unpaired) electrons. The number of amidine groups is 1. The fourth-order valence-electron chi connectivity index (χ4n) is 2.83. The molecule has 1 aliphatic rings. The topological polar surface area (TPSA) is 84.6 Å². The van der Waals surface area contributed by atoms with Crippen molar-refractivity contribution in [2.24, 2.45) is 4.99 Å². The molecule has 3 rings (SSSR count). The number of benzene rings is 1. The number of nitrogens with one attached hydrogen (secondary N) is 2. The summed E-state index contributed by atoms with van der Waals surface area (Å²) < 4.78 is 24.8. The highest BCUT2D eigenvalue weighted by atomic mass is 19.2. The Labute approximate surface area is 181 Å². The van der Waals surface area contributed by atoms with Crippen molar-refractivity contribution in [1.82, 2.24) is 20.8 Å². The van der Waals surface area contributed by atoms with Crippen LogP contribution >= 0.6 is 0 Å². The molecule has 2 N–H and O–H groups in total. The third kappa shape index (κ3) is 6.28. The minimum atomic E-state index is -1.70. The second-order valence-corrected chi connectivity index (χ2v) is 7.32. The van der Waals surface area contributed by atoms with Crippen molar-refractivity contribution >= 4 is 5.84 Å². The van der Waals surface area contributed by atoms with Gasteiger partial charge in [0.15, 0.2) is 0 Å². The molecule has 164 valence electrons. The lowest BCUT2D eigenvalue weighted by Crippen LogP contribution is -2.32. The van der Waals surface area contributed by atoms with Gasteiger partial charge < -0.3 is 19.9 Å². The van der Waals surface area contributed by atoms with Crippen molar-refractivity contribution in [3.63, 3.8) is 0 Å². The van der Waals surface area contributed by atoms with Gasteiger partial charge in [-0.3, -0.25) is 0 Å². The number of aromatic nitrogens is 2. The maximum atomic E-state index is 14.0. The molecule has 0 spiro atoms. The number of aliphatic imine (C=N–C) groups is 1. The van der Waals surface area contributed by atoms with Gasteiger partial charge in [0, 0.05) is 25.1 Å². The summed E-state index contributed by atoms with van der Waals surface area (Å²) in [4.78, 5) is 8.70. The van der Waals surface area contributed by atoms with Gasteiger partial charge in [0.05, 0.1) is 0 Å². The minimum absolute atomic E-state index is 0.229. The number of rotatable bonds is 8. The van der Waals surface area contributed by atoms with Crippen LogP contribution in [0.25, 0.3) is 11.4 Å². The fraction of sp³-hybridized carbons (Fsp3) is 0.348. The van der Waals surface area contributed by atoms with Crippen LogP contribution in [0.1, 0.15) is 52.0 Å². The monoisotopic (exact) mass is 425 g/mol. The van der Waals surface area contributed by atoms with E-state index in [2.05, 4.69) is 44.5 Å². The summed E-state index contributed by atoms with van der Waals surface area (Å²) in [6.07, 6.45) is 9.60. The SMILES string of the molecule is C=CN=C1C=CCCC=C(NC(C)c2nc(-c3ccc(OC(C)(F)CC)cc3)no2)N1. The normalized spacial score (nSPS) is 18.2. The summed E-state index contributed by atoms with van der Waals surface area (Å²) in [5, 5.41) is 10.6. The predicted octanol–water partition coefficient (Wildman–Crippen LogP) is 5.18. The zero-order valence-corrected chi connectivity index (χ0v) is 18.1. The molecule has 31 heavy (non-hydrogen) atoms. The quantitative estimate of drug-likeness (QED) is 0.606. The molecule has 7 nitrogen and oxygen atoms in total. The first kappa shape index (κ1) is 22.3. The van der Waals surface area contributed by atoms with Crippen LogP contribution in [0.15, 0.2) is 70.6 Å². The first-order valence-electron chi connectivity index (χ1n) is 10.3. The van der Waals surface area contributed by atoms with Crippen LogP contribution in [0.3, 0.4) is 0 Å². The van der Waals surface area contributed by atoms with Crippen LogP contribution in [0.4, 0.5) is 4.39 Å². The van der Waals surface area contributed by atoms with Crippen LogP contribution in [0, 0.1) is 0 Å². The first-order valence-corrected chi connectivity index (χ1v) is 10.3. The summed E-state index contributed by atoms with van der Waals surface area (Å²) in [6.45, 7) is 8.71. The van der Waals surface area contributed by atoms with E-state index in [9.17, 15) is 4.39 Å². The van der Waals surface area contributed by atoms with Gasteiger partial charge in [-0.15, -0.1) is 0 Å². The van der Waals surface area contributed by atoms with Crippen LogP contribution in [-0.4, -0.2) is 21.8 Å². The Hall–Kier alpha value is -3.42. The molecule has 0 amide bonds. The van der Waals surface area contributed by atoms with Gasteiger partial charge in [0.1, 0.15) is 23.4 Å². The van der Waals surface area contributed by atoms with Crippen molar-refractivity contribution in [2.75, 3.05) is 0 Å². The molecular formula is C23H28FN5O2. The third-order valence-corrected chi connectivity index (χ3v) is 4.71. The predicted molar refractivity (Wildman–Crippen MR) is 119 cm³/mol. The summed E-state index contributed by atoms with van der Waals surface area (Å²) in [6, 6.07) is 6.71. The Morgan fingerprint density at radius 1 is 1.39 bits per heavy atom. The fourth-order valence-corrected chi connectivity index (χ4v) is 2.83. The lowest BCUT2D eigenvalue weighted by molar-refractivity contribution is -0.0471. The molecule has 0 fully saturated rings. The lowest BCUT2D eigenvalue weighted by Gasteiger charge is -2.20. The number of ether oxygens (including phenoxy) is 1. The highest BCUT2D eigenvalue weighted by molar-refractivity contribution is 5.94. The van der Waals surface area contributed by atoms with Crippen LogP contribution in [0.2, 0.25) is 0 Å². The molecule has 0 aliphatic carbocycles. The molecule has 8 heteroatoms. The standard InChI is InChI=1S/C23H28FN5O2/c1-5-23(4,24)30-18-14-12-17(13-15-18)21-28-22(31-29-21)16(3)26-20-11-9-7-8-10-19(27-20)25-6-2/h6,8,10-16,26H,2,5,7,9H2,1,3-4H3,(H,25,27). The van der Waals surface area contributed by atoms with E-state index in [1.54, 1.807) is 31.2 Å². The van der Waals surface area contributed by atoms with Gasteiger partial charge in [0.2, 0.25) is 17.6 Å². The molecule has 0 saturated carbocycles. The molecule has 2 unspecified atom stereocenters. The average Bonchev–Trinajstić information content (AvgIpc) is 3.22. The van der Waals surface area contributed by atoms with Gasteiger partial charge in [-0.25, -0.2) is 4.99 Å². The van der Waals surface area contributed by atoms with Gasteiger partial charge in [-0.2, -0.15) is 9.37 Å². The van der Waals surface area contributed by atoms with Gasteiger partial charge in [-0.1, -0.05) is 24.7 Å². The smallest absolute Gasteiger partial charge is 0.249 e. The number of alkyl halides is 1. The molecular weight excluding hydrogens is 397 g/mol. The van der Waals surface area contributed by atoms with Crippen LogP contribution < -0.4 is 15.4 Å². The maximum absolute atomic E-state index is 14.0. The minimum Gasteiger partial charge on any atom is -0.458 e. The highest BCUT2D eigenvalue weighted by Crippen LogP contribution is 2.26. The van der Waals surface area contributed by atoms with E-state index < -0.39 is 5.85 Å². The van der Waals surface area contributed by atoms with E-state index in [0.717, 1.165) is 24.2 Å². The Morgan fingerprint density at radius 3 is 2.87 bits per heavy atom. The van der Waals surface area contributed by atoms with Crippen LogP contribution in [-0.2, 0) is 0 Å². The summed E-state index contributed by atoms with van der Waals surface area (Å²) in [5.41, 5.74) is 0.750. The summed E-state index contributed by atoms with van der Waals surface area (Å²) in [7, 11) is 0. The largest absolute Gasteiger partial charge is 0.458 e. The van der Waals surface area contributed by atoms with E-state index in [1.807, 2.05) is 13.0 Å². The van der Waals surface area contributed by atoms with Gasteiger partial charge in [0.25, 0.3) is 0 Å². The third-order valence-electron chi connectivity index (χ3n) is 4.71. The highest BCUT2D eigenvalue weighted by Gasteiger charge is 2.22. The lowest BCUT2D eigenvalue weighted by atomic mass is 10.2. The van der Waals surface area contributed by atoms with E-state index in [4.69, 9.17) is 9.26 Å². The second kappa shape index (κ2) is 10.1. The Balaban J connectivity index is 1.67. The summed E-state index contributed by atoms with van der Waals surface area (Å²) in [5.74, 6) is 1.15. The van der Waals surface area contributed by atoms with Gasteiger partial charge >= 0.3 is 0 Å². The van der Waals surface area contributed by atoms with E-state index in [0.29, 0.717) is 23.3 Å². The van der Waals surface area contributed by atoms with E-state index in [1.165, 1.54) is 13.1 Å². The van der Waals surface area contributed by atoms with Crippen molar-refractivity contribution in [2.45, 2.75) is 51.9 Å². The number of nitrogens with zero attached hydrogens (tertiary/aromatic N) is 3. The van der Waals surface area contributed by atoms with E-state index in [-0.39, 0.29) is 12.5 Å². The van der Waals surface area contributed by atoms with Crippen molar-refractivity contribution in [3.05, 3.63) is 67.0 Å². The number of hydrogen-bond acceptors (Lipinski definition) is 6. The molecule has 2 atom stereocenters. The zero-order chi connectivity index (χ0) is 22.3. The number of hydrogen-bond donors (Lipinski definition) is 2. The Kier molecular flexibility index (Phi) is 7.23. The number of allylic oxidation sites excluding steroid dienone is 2. The Morgan fingerprint density at radius 2 is 2.16 bits per heavy atom. The van der Waals surface area contributed by atoms with Crippen molar-refractivity contribution in [3.8, 4) is 17.1 Å². The second-order valence-electron chi connectivity index (χ2n) is 7.32.